The highest BCUT2D eigenvalue weighted by atomic mass is 79.9. The number of nitrogens with zero attached hydrogens (tertiary/aromatic N) is 2. The number of carbonyl (C=O) groups is 1. The normalized spacial score (nSPS) is 17.2. The largest absolute Gasteiger partial charge is 0.461 e. The fraction of sp³-hybridized carbons (Fsp3) is 0.222. The van der Waals surface area contributed by atoms with Gasteiger partial charge in [-0.25, -0.2) is 9.78 Å². The SMILES string of the molecule is CCOC(=O)C1=CC(c2ncc(Br)s2)=NS(=O)(=O)N1. The van der Waals surface area contributed by atoms with E-state index in [9.17, 15) is 13.2 Å². The molecule has 1 aromatic heterocycles. The van der Waals surface area contributed by atoms with Crippen molar-refractivity contribution in [2.45, 2.75) is 6.92 Å². The first-order valence-electron chi connectivity index (χ1n) is 5.04. The molecule has 0 fully saturated rings. The minimum Gasteiger partial charge on any atom is -0.461 e. The molecule has 0 saturated carbocycles. The van der Waals surface area contributed by atoms with E-state index in [1.807, 2.05) is 4.72 Å². The molecule has 2 heterocycles. The Morgan fingerprint density at radius 1 is 1.58 bits per heavy atom. The van der Waals surface area contributed by atoms with Crippen molar-refractivity contribution in [2.75, 3.05) is 6.61 Å². The Labute approximate surface area is 121 Å². The molecule has 0 aromatic carbocycles. The third kappa shape index (κ3) is 3.39. The molecule has 0 unspecified atom stereocenters. The highest BCUT2D eigenvalue weighted by Gasteiger charge is 2.25. The van der Waals surface area contributed by atoms with E-state index in [0.717, 1.165) is 3.79 Å². The minimum atomic E-state index is -3.96. The van der Waals surface area contributed by atoms with Gasteiger partial charge in [-0.15, -0.1) is 15.7 Å². The average molecular weight is 366 g/mol. The number of aromatic nitrogens is 1. The smallest absolute Gasteiger partial charge is 0.355 e. The third-order valence-electron chi connectivity index (χ3n) is 1.93. The van der Waals surface area contributed by atoms with Crippen molar-refractivity contribution in [3.8, 4) is 0 Å². The van der Waals surface area contributed by atoms with E-state index in [0.29, 0.717) is 5.01 Å². The lowest BCUT2D eigenvalue weighted by molar-refractivity contribution is -0.138. The van der Waals surface area contributed by atoms with Crippen LogP contribution in [0, 0.1) is 0 Å². The molecule has 0 aliphatic carbocycles. The summed E-state index contributed by atoms with van der Waals surface area (Å²) in [6, 6.07) is 0. The van der Waals surface area contributed by atoms with Crippen LogP contribution in [0.3, 0.4) is 0 Å². The third-order valence-corrected chi connectivity index (χ3v) is 4.34. The zero-order chi connectivity index (χ0) is 14.0. The van der Waals surface area contributed by atoms with Gasteiger partial charge in [-0.2, -0.15) is 8.42 Å². The Bertz CT molecular complexity index is 677. The number of thiazole rings is 1. The molecule has 2 rings (SSSR count). The van der Waals surface area contributed by atoms with Crippen LogP contribution in [-0.4, -0.2) is 31.7 Å². The quantitative estimate of drug-likeness (QED) is 0.805. The van der Waals surface area contributed by atoms with E-state index >= 15 is 0 Å². The van der Waals surface area contributed by atoms with Gasteiger partial charge in [0.25, 0.3) is 0 Å². The predicted molar refractivity (Wildman–Crippen MR) is 73.1 cm³/mol. The van der Waals surface area contributed by atoms with Gasteiger partial charge in [0.15, 0.2) is 0 Å². The minimum absolute atomic E-state index is 0.0949. The van der Waals surface area contributed by atoms with Crippen molar-refractivity contribution in [3.63, 3.8) is 0 Å². The van der Waals surface area contributed by atoms with Gasteiger partial charge in [-0.3, -0.25) is 4.72 Å². The van der Waals surface area contributed by atoms with Gasteiger partial charge >= 0.3 is 16.2 Å². The number of esters is 1. The molecule has 0 spiro atoms. The molecule has 0 radical (unpaired) electrons. The predicted octanol–water partition coefficient (Wildman–Crippen LogP) is 0.990. The summed E-state index contributed by atoms with van der Waals surface area (Å²) < 4.78 is 34.2. The van der Waals surface area contributed by atoms with Crippen LogP contribution < -0.4 is 4.72 Å². The van der Waals surface area contributed by atoms with Crippen molar-refractivity contribution in [3.05, 3.63) is 26.8 Å². The van der Waals surface area contributed by atoms with Gasteiger partial charge in [-0.05, 0) is 28.9 Å². The summed E-state index contributed by atoms with van der Waals surface area (Å²) in [6.07, 6.45) is 2.82. The van der Waals surface area contributed by atoms with Crippen LogP contribution in [0.15, 0.2) is 26.2 Å². The summed E-state index contributed by atoms with van der Waals surface area (Å²) in [7, 11) is -3.96. The van der Waals surface area contributed by atoms with E-state index in [1.54, 1.807) is 6.92 Å². The molecular weight excluding hydrogens is 358 g/mol. The summed E-state index contributed by atoms with van der Waals surface area (Å²) in [4.78, 5) is 15.6. The molecule has 0 atom stereocenters. The van der Waals surface area contributed by atoms with E-state index in [2.05, 4.69) is 25.3 Å². The van der Waals surface area contributed by atoms with Crippen molar-refractivity contribution in [1.82, 2.24) is 9.71 Å². The average Bonchev–Trinajstić information content (AvgIpc) is 2.74. The molecule has 1 aliphatic rings. The Balaban J connectivity index is 2.41. The number of hydrogen-bond acceptors (Lipinski definition) is 6. The maximum Gasteiger partial charge on any atom is 0.355 e. The summed E-state index contributed by atoms with van der Waals surface area (Å²) in [5.74, 6) is -0.755. The van der Waals surface area contributed by atoms with Gasteiger partial charge in [0.1, 0.15) is 16.4 Å². The Hall–Kier alpha value is -1.26. The first-order chi connectivity index (χ1) is 8.91. The number of nitrogens with one attached hydrogen (secondary N) is 1. The second-order valence-corrected chi connectivity index (χ2v) is 7.05. The Kier molecular flexibility index (Phi) is 4.02. The van der Waals surface area contributed by atoms with Crippen LogP contribution in [-0.2, 0) is 19.7 Å². The van der Waals surface area contributed by atoms with Gasteiger partial charge in [-0.1, -0.05) is 0 Å². The molecule has 7 nitrogen and oxygen atoms in total. The summed E-state index contributed by atoms with van der Waals surface area (Å²) >= 11 is 4.43. The summed E-state index contributed by atoms with van der Waals surface area (Å²) in [6.45, 7) is 1.77. The van der Waals surface area contributed by atoms with Crippen LogP contribution >= 0.6 is 27.3 Å². The van der Waals surface area contributed by atoms with Gasteiger partial charge < -0.3 is 4.74 Å². The topological polar surface area (TPSA) is 97.7 Å². The van der Waals surface area contributed by atoms with E-state index in [-0.39, 0.29) is 18.0 Å². The monoisotopic (exact) mass is 365 g/mol. The van der Waals surface area contributed by atoms with Gasteiger partial charge in [0.05, 0.1) is 16.6 Å². The highest BCUT2D eigenvalue weighted by molar-refractivity contribution is 9.11. The zero-order valence-corrected chi connectivity index (χ0v) is 12.8. The van der Waals surface area contributed by atoms with Crippen LogP contribution in [0.5, 0.6) is 0 Å². The number of allylic oxidation sites excluding steroid dienone is 1. The zero-order valence-electron chi connectivity index (χ0n) is 9.58. The lowest BCUT2D eigenvalue weighted by atomic mass is 10.3. The molecule has 1 aromatic rings. The summed E-state index contributed by atoms with van der Waals surface area (Å²) in [5, 5.41) is 0.388. The maximum absolute atomic E-state index is 11.6. The van der Waals surface area contributed by atoms with Crippen LogP contribution in [0.25, 0.3) is 0 Å². The molecule has 10 heteroatoms. The Morgan fingerprint density at radius 3 is 2.89 bits per heavy atom. The molecule has 1 N–H and O–H groups in total. The number of halogens is 1. The molecular formula is C9H8BrN3O4S2. The Morgan fingerprint density at radius 2 is 2.32 bits per heavy atom. The lowest BCUT2D eigenvalue weighted by Gasteiger charge is -2.13. The van der Waals surface area contributed by atoms with Crippen LogP contribution in [0.1, 0.15) is 11.9 Å². The molecule has 19 heavy (non-hydrogen) atoms. The number of hydrogen-bond donors (Lipinski definition) is 1. The fourth-order valence-corrected chi connectivity index (χ4v) is 3.36. The van der Waals surface area contributed by atoms with Crippen molar-refractivity contribution in [2.24, 2.45) is 4.40 Å². The molecule has 1 aliphatic heterocycles. The van der Waals surface area contributed by atoms with Crippen LogP contribution in [0.2, 0.25) is 0 Å². The molecule has 102 valence electrons. The fourth-order valence-electron chi connectivity index (χ4n) is 1.27. The number of carbonyl (C=O) groups excluding carboxylic acids is 1. The van der Waals surface area contributed by atoms with Crippen LogP contribution in [0.4, 0.5) is 0 Å². The second-order valence-electron chi connectivity index (χ2n) is 3.30. The van der Waals surface area contributed by atoms with Crippen molar-refractivity contribution >= 4 is 49.2 Å². The van der Waals surface area contributed by atoms with Crippen molar-refractivity contribution in [1.29, 1.82) is 0 Å². The van der Waals surface area contributed by atoms with E-state index in [1.165, 1.54) is 23.6 Å². The van der Waals surface area contributed by atoms with Crippen molar-refractivity contribution < 1.29 is 17.9 Å². The maximum atomic E-state index is 11.6. The molecule has 0 bridgehead atoms. The first-order valence-corrected chi connectivity index (χ1v) is 8.09. The highest BCUT2D eigenvalue weighted by Crippen LogP contribution is 2.22. The van der Waals surface area contributed by atoms with E-state index in [4.69, 9.17) is 4.74 Å². The molecule has 0 saturated heterocycles. The first kappa shape index (κ1) is 14.2. The molecule has 0 amide bonds. The standard InChI is InChI=1S/C9H8BrN3O4S2/c1-2-17-9(14)6-3-5(12-19(15,16)13-6)8-11-4-7(10)18-8/h3-4,13H,2H2,1H3. The number of ether oxygens (including phenoxy) is 1. The van der Waals surface area contributed by atoms with Gasteiger partial charge in [0.2, 0.25) is 0 Å². The summed E-state index contributed by atoms with van der Waals surface area (Å²) in [5.41, 5.74) is -0.0873. The second kappa shape index (κ2) is 5.39. The number of rotatable bonds is 3. The van der Waals surface area contributed by atoms with Gasteiger partial charge in [0, 0.05) is 0 Å². The lowest BCUT2D eigenvalue weighted by Crippen LogP contribution is -2.32. The van der Waals surface area contributed by atoms with E-state index < -0.39 is 16.2 Å².